The van der Waals surface area contributed by atoms with Crippen molar-refractivity contribution in [1.82, 2.24) is 14.1 Å². The Bertz CT molecular complexity index is 715. The molecule has 6 nitrogen and oxygen atoms in total. The second kappa shape index (κ2) is 4.56. The molecule has 0 atom stereocenters. The minimum absolute atomic E-state index is 0.125. The first-order valence-corrected chi connectivity index (χ1v) is 5.93. The normalized spacial score (nSPS) is 10.9. The fourth-order valence-electron chi connectivity index (χ4n) is 2.14. The third kappa shape index (κ3) is 2.20. The van der Waals surface area contributed by atoms with Gasteiger partial charge in [-0.1, -0.05) is 0 Å². The van der Waals surface area contributed by atoms with Crippen LogP contribution in [0.25, 0.3) is 10.9 Å². The predicted molar refractivity (Wildman–Crippen MR) is 70.8 cm³/mol. The fourth-order valence-corrected chi connectivity index (χ4v) is 2.14. The van der Waals surface area contributed by atoms with Crippen LogP contribution in [0.2, 0.25) is 0 Å². The third-order valence-corrected chi connectivity index (χ3v) is 3.12. The average molecular weight is 256 g/mol. The summed E-state index contributed by atoms with van der Waals surface area (Å²) >= 11 is 0. The van der Waals surface area contributed by atoms with Crippen molar-refractivity contribution in [2.45, 2.75) is 13.1 Å². The summed E-state index contributed by atoms with van der Waals surface area (Å²) in [7, 11) is 0. The Morgan fingerprint density at radius 2 is 2.11 bits per heavy atom. The molecule has 0 aliphatic heterocycles. The zero-order valence-corrected chi connectivity index (χ0v) is 10.1. The van der Waals surface area contributed by atoms with Gasteiger partial charge in [0.2, 0.25) is 0 Å². The van der Waals surface area contributed by atoms with E-state index in [-0.39, 0.29) is 10.6 Å². The van der Waals surface area contributed by atoms with Gasteiger partial charge < -0.3 is 9.13 Å². The van der Waals surface area contributed by atoms with Crippen LogP contribution in [0.3, 0.4) is 0 Å². The summed E-state index contributed by atoms with van der Waals surface area (Å²) in [6.07, 6.45) is 7.38. The zero-order chi connectivity index (χ0) is 13.2. The summed E-state index contributed by atoms with van der Waals surface area (Å²) in [5.74, 6) is 0. The van der Waals surface area contributed by atoms with Crippen LogP contribution in [0, 0.1) is 10.1 Å². The minimum atomic E-state index is -0.373. The van der Waals surface area contributed by atoms with E-state index in [2.05, 4.69) is 9.55 Å². The summed E-state index contributed by atoms with van der Waals surface area (Å²) < 4.78 is 4.08. The Labute approximate surface area is 109 Å². The number of aryl methyl sites for hydroxylation is 2. The van der Waals surface area contributed by atoms with Gasteiger partial charge in [-0.15, -0.1) is 0 Å². The Kier molecular flexibility index (Phi) is 2.75. The maximum atomic E-state index is 10.7. The zero-order valence-electron chi connectivity index (χ0n) is 10.1. The van der Waals surface area contributed by atoms with Gasteiger partial charge in [-0.25, -0.2) is 4.98 Å². The van der Waals surface area contributed by atoms with Gasteiger partial charge in [0, 0.05) is 54.7 Å². The lowest BCUT2D eigenvalue weighted by atomic mass is 10.2. The molecule has 19 heavy (non-hydrogen) atoms. The van der Waals surface area contributed by atoms with Crippen LogP contribution in [0.1, 0.15) is 0 Å². The van der Waals surface area contributed by atoms with Crippen molar-refractivity contribution in [2.75, 3.05) is 0 Å². The molecule has 0 unspecified atom stereocenters. The van der Waals surface area contributed by atoms with Gasteiger partial charge in [-0.2, -0.15) is 0 Å². The quantitative estimate of drug-likeness (QED) is 0.532. The van der Waals surface area contributed by atoms with E-state index in [4.69, 9.17) is 0 Å². The SMILES string of the molecule is O=[N+]([O-])c1ccc2c(ccn2CCn2ccnc2)c1. The molecular formula is C13H12N4O2. The highest BCUT2D eigenvalue weighted by atomic mass is 16.6. The van der Waals surface area contributed by atoms with Crippen molar-refractivity contribution in [1.29, 1.82) is 0 Å². The van der Waals surface area contributed by atoms with Crippen molar-refractivity contribution >= 4 is 16.6 Å². The molecule has 2 aromatic heterocycles. The number of fused-ring (bicyclic) bond motifs is 1. The highest BCUT2D eigenvalue weighted by Crippen LogP contribution is 2.21. The van der Waals surface area contributed by atoms with E-state index in [1.54, 1.807) is 24.7 Å². The first-order valence-electron chi connectivity index (χ1n) is 5.93. The Morgan fingerprint density at radius 1 is 1.21 bits per heavy atom. The first-order chi connectivity index (χ1) is 9.24. The highest BCUT2D eigenvalue weighted by Gasteiger charge is 2.08. The van der Waals surface area contributed by atoms with Gasteiger partial charge in [-0.3, -0.25) is 10.1 Å². The number of rotatable bonds is 4. The molecule has 1 aromatic carbocycles. The van der Waals surface area contributed by atoms with Crippen LogP contribution in [0.4, 0.5) is 5.69 Å². The molecule has 2 heterocycles. The van der Waals surface area contributed by atoms with Gasteiger partial charge in [0.15, 0.2) is 0 Å². The Hall–Kier alpha value is -2.63. The summed E-state index contributed by atoms with van der Waals surface area (Å²) in [4.78, 5) is 14.3. The van der Waals surface area contributed by atoms with E-state index in [9.17, 15) is 10.1 Å². The van der Waals surface area contributed by atoms with Crippen molar-refractivity contribution in [3.8, 4) is 0 Å². The van der Waals surface area contributed by atoms with Crippen LogP contribution in [-0.4, -0.2) is 19.0 Å². The van der Waals surface area contributed by atoms with Crippen molar-refractivity contribution in [3.63, 3.8) is 0 Å². The number of nitrogens with zero attached hydrogens (tertiary/aromatic N) is 4. The van der Waals surface area contributed by atoms with Crippen LogP contribution >= 0.6 is 0 Å². The number of aromatic nitrogens is 3. The van der Waals surface area contributed by atoms with Crippen molar-refractivity contribution < 1.29 is 4.92 Å². The maximum Gasteiger partial charge on any atom is 0.270 e. The second-order valence-electron chi connectivity index (χ2n) is 4.31. The Morgan fingerprint density at radius 3 is 2.84 bits per heavy atom. The molecule has 0 aliphatic rings. The second-order valence-corrected chi connectivity index (χ2v) is 4.31. The molecule has 0 amide bonds. The topological polar surface area (TPSA) is 65.9 Å². The van der Waals surface area contributed by atoms with Crippen LogP contribution in [0.5, 0.6) is 0 Å². The average Bonchev–Trinajstić information content (AvgIpc) is 3.05. The molecular weight excluding hydrogens is 244 g/mol. The molecule has 0 fully saturated rings. The van der Waals surface area contributed by atoms with E-state index >= 15 is 0 Å². The number of benzene rings is 1. The lowest BCUT2D eigenvalue weighted by Gasteiger charge is -2.06. The van der Waals surface area contributed by atoms with Crippen LogP contribution in [0.15, 0.2) is 49.2 Å². The van der Waals surface area contributed by atoms with Crippen LogP contribution < -0.4 is 0 Å². The lowest BCUT2D eigenvalue weighted by Crippen LogP contribution is -2.04. The largest absolute Gasteiger partial charge is 0.346 e. The molecule has 6 heteroatoms. The highest BCUT2D eigenvalue weighted by molar-refractivity contribution is 5.82. The standard InChI is InChI=1S/C13H12N4O2/c18-17(19)12-1-2-13-11(9-12)3-5-16(13)8-7-15-6-4-14-10-15/h1-6,9-10H,7-8H2. The van der Waals surface area contributed by atoms with Crippen molar-refractivity contribution in [3.05, 3.63) is 59.3 Å². The summed E-state index contributed by atoms with van der Waals surface area (Å²) in [5, 5.41) is 11.6. The molecule has 0 saturated heterocycles. The Balaban J connectivity index is 1.86. The number of nitro groups is 1. The van der Waals surface area contributed by atoms with Crippen molar-refractivity contribution in [2.24, 2.45) is 0 Å². The van der Waals surface area contributed by atoms with E-state index in [1.165, 1.54) is 6.07 Å². The van der Waals surface area contributed by atoms with Gasteiger partial charge in [0.1, 0.15) is 0 Å². The fraction of sp³-hybridized carbons (Fsp3) is 0.154. The lowest BCUT2D eigenvalue weighted by molar-refractivity contribution is -0.384. The molecule has 0 radical (unpaired) electrons. The smallest absolute Gasteiger partial charge is 0.270 e. The number of imidazole rings is 1. The van der Waals surface area contributed by atoms with E-state index in [0.29, 0.717) is 0 Å². The van der Waals surface area contributed by atoms with E-state index in [0.717, 1.165) is 24.0 Å². The minimum Gasteiger partial charge on any atom is -0.346 e. The molecule has 0 saturated carbocycles. The van der Waals surface area contributed by atoms with E-state index < -0.39 is 0 Å². The third-order valence-electron chi connectivity index (χ3n) is 3.12. The molecule has 0 N–H and O–H groups in total. The predicted octanol–water partition coefficient (Wildman–Crippen LogP) is 2.45. The van der Waals surface area contributed by atoms with Gasteiger partial charge in [0.25, 0.3) is 5.69 Å². The molecule has 3 rings (SSSR count). The number of non-ortho nitro benzene ring substituents is 1. The van der Waals surface area contributed by atoms with Gasteiger partial charge in [-0.05, 0) is 12.1 Å². The van der Waals surface area contributed by atoms with Crippen LogP contribution in [-0.2, 0) is 13.1 Å². The molecule has 0 spiro atoms. The molecule has 0 aliphatic carbocycles. The summed E-state index contributed by atoms with van der Waals surface area (Å²) in [6, 6.07) is 6.83. The number of nitro benzene ring substituents is 1. The monoisotopic (exact) mass is 256 g/mol. The maximum absolute atomic E-state index is 10.7. The number of hydrogen-bond acceptors (Lipinski definition) is 3. The van der Waals surface area contributed by atoms with E-state index in [1.807, 2.05) is 23.0 Å². The molecule has 96 valence electrons. The summed E-state index contributed by atoms with van der Waals surface area (Å²) in [5.41, 5.74) is 1.13. The number of hydrogen-bond donors (Lipinski definition) is 0. The molecule has 3 aromatic rings. The van der Waals surface area contributed by atoms with Gasteiger partial charge in [0.05, 0.1) is 11.3 Å². The van der Waals surface area contributed by atoms with Gasteiger partial charge >= 0.3 is 0 Å². The first kappa shape index (κ1) is 11.5. The summed E-state index contributed by atoms with van der Waals surface area (Å²) in [6.45, 7) is 1.62. The molecule has 0 bridgehead atoms.